The van der Waals surface area contributed by atoms with Crippen LogP contribution in [0.25, 0.3) is 0 Å². The summed E-state index contributed by atoms with van der Waals surface area (Å²) >= 11 is 6.06. The van der Waals surface area contributed by atoms with Crippen LogP contribution in [-0.2, 0) is 9.59 Å². The van der Waals surface area contributed by atoms with E-state index in [0.717, 1.165) is 19.3 Å². The van der Waals surface area contributed by atoms with Gasteiger partial charge in [-0.25, -0.2) is 0 Å². The van der Waals surface area contributed by atoms with Crippen LogP contribution in [0, 0.1) is 11.8 Å². The zero-order valence-electron chi connectivity index (χ0n) is 15.6. The Morgan fingerprint density at radius 3 is 2.44 bits per heavy atom. The molecule has 0 aromatic heterocycles. The van der Waals surface area contributed by atoms with Crippen LogP contribution < -0.4 is 10.6 Å². The van der Waals surface area contributed by atoms with Gasteiger partial charge >= 0.3 is 0 Å². The molecule has 1 aliphatic carbocycles. The molecule has 146 valence electrons. The van der Waals surface area contributed by atoms with E-state index in [0.29, 0.717) is 48.7 Å². The summed E-state index contributed by atoms with van der Waals surface area (Å²) in [6.07, 6.45) is 4.11. The highest BCUT2D eigenvalue weighted by Crippen LogP contribution is 2.32. The molecule has 0 spiro atoms. The van der Waals surface area contributed by atoms with E-state index in [2.05, 4.69) is 10.6 Å². The zero-order valence-corrected chi connectivity index (χ0v) is 16.3. The fourth-order valence-corrected chi connectivity index (χ4v) is 3.51. The second-order valence-corrected chi connectivity index (χ2v) is 7.75. The molecule has 6 nitrogen and oxygen atoms in total. The lowest BCUT2D eigenvalue weighted by Crippen LogP contribution is -2.42. The third kappa shape index (κ3) is 5.01. The molecule has 1 saturated heterocycles. The van der Waals surface area contributed by atoms with Crippen LogP contribution >= 0.6 is 11.6 Å². The first kappa shape index (κ1) is 19.7. The summed E-state index contributed by atoms with van der Waals surface area (Å²) in [4.78, 5) is 39.0. The van der Waals surface area contributed by atoms with Crippen molar-refractivity contribution in [3.05, 3.63) is 28.8 Å². The largest absolute Gasteiger partial charge is 0.352 e. The third-order valence-electron chi connectivity index (χ3n) is 5.12. The third-order valence-corrected chi connectivity index (χ3v) is 5.36. The molecule has 3 amide bonds. The summed E-state index contributed by atoms with van der Waals surface area (Å²) in [6, 6.07) is 4.87. The van der Waals surface area contributed by atoms with E-state index in [1.165, 1.54) is 0 Å². The number of likely N-dealkylation sites (tertiary alicyclic amines) is 1. The van der Waals surface area contributed by atoms with Crippen molar-refractivity contribution in [1.82, 2.24) is 10.2 Å². The highest BCUT2D eigenvalue weighted by atomic mass is 35.5. The molecule has 27 heavy (non-hydrogen) atoms. The minimum absolute atomic E-state index is 0.125. The molecule has 0 unspecified atom stereocenters. The van der Waals surface area contributed by atoms with Gasteiger partial charge in [0.1, 0.15) is 0 Å². The summed E-state index contributed by atoms with van der Waals surface area (Å²) in [5, 5.41) is 6.15. The number of halogens is 1. The number of anilines is 1. The van der Waals surface area contributed by atoms with Crippen LogP contribution in [0.5, 0.6) is 0 Å². The monoisotopic (exact) mass is 391 g/mol. The highest BCUT2D eigenvalue weighted by molar-refractivity contribution is 6.31. The van der Waals surface area contributed by atoms with Crippen LogP contribution in [0.4, 0.5) is 5.69 Å². The minimum atomic E-state index is -0.228. The summed E-state index contributed by atoms with van der Waals surface area (Å²) in [7, 11) is 0. The number of carbonyl (C=O) groups excluding carboxylic acids is 3. The number of hydrogen-bond acceptors (Lipinski definition) is 3. The van der Waals surface area contributed by atoms with Crippen molar-refractivity contribution in [3.63, 3.8) is 0 Å². The van der Waals surface area contributed by atoms with Crippen molar-refractivity contribution in [3.8, 4) is 0 Å². The molecular formula is C20H26ClN3O3. The number of piperidine rings is 1. The van der Waals surface area contributed by atoms with E-state index in [1.807, 2.05) is 11.8 Å². The number of carbonyl (C=O) groups is 3. The Hall–Kier alpha value is -2.08. The molecule has 0 bridgehead atoms. The van der Waals surface area contributed by atoms with Gasteiger partial charge in [-0.3, -0.25) is 14.4 Å². The van der Waals surface area contributed by atoms with Gasteiger partial charge in [0, 0.05) is 36.5 Å². The lowest BCUT2D eigenvalue weighted by Gasteiger charge is -2.31. The fourth-order valence-electron chi connectivity index (χ4n) is 3.34. The van der Waals surface area contributed by atoms with Crippen molar-refractivity contribution in [2.75, 3.05) is 25.0 Å². The van der Waals surface area contributed by atoms with Crippen LogP contribution in [0.1, 0.15) is 49.4 Å². The topological polar surface area (TPSA) is 78.5 Å². The maximum atomic E-state index is 12.7. The molecular weight excluding hydrogens is 366 g/mol. The Labute approximate surface area is 164 Å². The van der Waals surface area contributed by atoms with Gasteiger partial charge in [0.15, 0.2) is 0 Å². The highest BCUT2D eigenvalue weighted by Gasteiger charge is 2.36. The maximum absolute atomic E-state index is 12.7. The Balaban J connectivity index is 1.61. The van der Waals surface area contributed by atoms with Gasteiger partial charge < -0.3 is 15.5 Å². The van der Waals surface area contributed by atoms with Crippen molar-refractivity contribution >= 4 is 35.0 Å². The molecule has 0 radical (unpaired) electrons. The van der Waals surface area contributed by atoms with E-state index < -0.39 is 0 Å². The Morgan fingerprint density at radius 1 is 1.11 bits per heavy atom. The molecule has 1 saturated carbocycles. The van der Waals surface area contributed by atoms with Crippen molar-refractivity contribution < 1.29 is 14.4 Å². The summed E-state index contributed by atoms with van der Waals surface area (Å²) < 4.78 is 0. The van der Waals surface area contributed by atoms with E-state index in [-0.39, 0.29) is 29.6 Å². The number of benzene rings is 1. The standard InChI is InChI=1S/C20H26ClN3O3/c1-2-9-22-19(26)16-6-5-15(21)12-17(16)23-18(25)13-7-10-24(11-8-13)20(27)14-3-4-14/h5-6,12-14H,2-4,7-11H2,1H3,(H,22,26)(H,23,25). The first-order chi connectivity index (χ1) is 13.0. The molecule has 1 aliphatic heterocycles. The minimum Gasteiger partial charge on any atom is -0.352 e. The Kier molecular flexibility index (Phi) is 6.37. The van der Waals surface area contributed by atoms with Crippen LogP contribution in [0.15, 0.2) is 18.2 Å². The summed E-state index contributed by atoms with van der Waals surface area (Å²) in [5.74, 6) is -0.0719. The summed E-state index contributed by atoms with van der Waals surface area (Å²) in [5.41, 5.74) is 0.833. The van der Waals surface area contributed by atoms with E-state index in [4.69, 9.17) is 11.6 Å². The molecule has 2 aliphatic rings. The van der Waals surface area contributed by atoms with Crippen molar-refractivity contribution in [2.24, 2.45) is 11.8 Å². The molecule has 0 atom stereocenters. The van der Waals surface area contributed by atoms with Gasteiger partial charge in [0.05, 0.1) is 11.3 Å². The van der Waals surface area contributed by atoms with Gasteiger partial charge in [-0.2, -0.15) is 0 Å². The molecule has 1 heterocycles. The fraction of sp³-hybridized carbons (Fsp3) is 0.550. The second kappa shape index (κ2) is 8.74. The predicted octanol–water partition coefficient (Wildman–Crippen LogP) is 3.07. The lowest BCUT2D eigenvalue weighted by molar-refractivity contribution is -0.135. The maximum Gasteiger partial charge on any atom is 0.253 e. The van der Waals surface area contributed by atoms with E-state index in [1.54, 1.807) is 18.2 Å². The number of nitrogens with one attached hydrogen (secondary N) is 2. The predicted molar refractivity (Wildman–Crippen MR) is 105 cm³/mol. The van der Waals surface area contributed by atoms with Crippen molar-refractivity contribution in [1.29, 1.82) is 0 Å². The first-order valence-corrected chi connectivity index (χ1v) is 10.0. The van der Waals surface area contributed by atoms with Crippen LogP contribution in [-0.4, -0.2) is 42.3 Å². The van der Waals surface area contributed by atoms with Crippen molar-refractivity contribution in [2.45, 2.75) is 39.0 Å². The first-order valence-electron chi connectivity index (χ1n) is 9.67. The van der Waals surface area contributed by atoms with Gasteiger partial charge in [0.25, 0.3) is 5.91 Å². The number of rotatable bonds is 6. The molecule has 7 heteroatoms. The normalized spacial score (nSPS) is 17.5. The van der Waals surface area contributed by atoms with Gasteiger partial charge in [-0.15, -0.1) is 0 Å². The van der Waals surface area contributed by atoms with Gasteiger partial charge in [-0.05, 0) is 50.3 Å². The quantitative estimate of drug-likeness (QED) is 0.782. The average Bonchev–Trinajstić information content (AvgIpc) is 3.51. The SMILES string of the molecule is CCCNC(=O)c1ccc(Cl)cc1NC(=O)C1CCN(C(=O)C2CC2)CC1. The second-order valence-electron chi connectivity index (χ2n) is 7.31. The van der Waals surface area contributed by atoms with Crippen LogP contribution in [0.2, 0.25) is 5.02 Å². The lowest BCUT2D eigenvalue weighted by atomic mass is 9.95. The van der Waals surface area contributed by atoms with Gasteiger partial charge in [0.2, 0.25) is 11.8 Å². The van der Waals surface area contributed by atoms with Gasteiger partial charge in [-0.1, -0.05) is 18.5 Å². The number of amides is 3. The van der Waals surface area contributed by atoms with E-state index >= 15 is 0 Å². The van der Waals surface area contributed by atoms with E-state index in [9.17, 15) is 14.4 Å². The Bertz CT molecular complexity index is 725. The molecule has 3 rings (SSSR count). The number of hydrogen-bond donors (Lipinski definition) is 2. The molecule has 1 aromatic rings. The molecule has 2 fully saturated rings. The van der Waals surface area contributed by atoms with Crippen LogP contribution in [0.3, 0.4) is 0 Å². The smallest absolute Gasteiger partial charge is 0.253 e. The molecule has 2 N–H and O–H groups in total. The Morgan fingerprint density at radius 2 is 1.81 bits per heavy atom. The molecule has 1 aromatic carbocycles. The summed E-state index contributed by atoms with van der Waals surface area (Å²) in [6.45, 7) is 3.78. The zero-order chi connectivity index (χ0) is 19.4. The average molecular weight is 392 g/mol. The number of nitrogens with zero attached hydrogens (tertiary/aromatic N) is 1.